The molecule has 0 aromatic heterocycles. The van der Waals surface area contributed by atoms with E-state index in [4.69, 9.17) is 11.1 Å². The monoisotopic (exact) mass is 218 g/mol. The summed E-state index contributed by atoms with van der Waals surface area (Å²) in [7, 11) is -0.251. The third kappa shape index (κ3) is 12.2. The lowest BCUT2D eigenvalue weighted by Crippen LogP contribution is -1.77. The van der Waals surface area contributed by atoms with Crippen molar-refractivity contribution in [2.24, 2.45) is 0 Å². The molecular formula is C11H23ClSi. The van der Waals surface area contributed by atoms with E-state index in [1.165, 1.54) is 44.9 Å². The molecule has 0 radical (unpaired) electrons. The molecule has 0 saturated carbocycles. The maximum atomic E-state index is 5.69. The van der Waals surface area contributed by atoms with E-state index in [9.17, 15) is 0 Å². The van der Waals surface area contributed by atoms with Crippen LogP contribution in [0, 0.1) is 0 Å². The molecule has 0 atom stereocenters. The fourth-order valence-corrected chi connectivity index (χ4v) is 2.08. The highest BCUT2D eigenvalue weighted by Crippen LogP contribution is 2.07. The summed E-state index contributed by atoms with van der Waals surface area (Å²) in [6.45, 7) is 2.26. The van der Waals surface area contributed by atoms with E-state index in [-0.39, 0.29) is 8.83 Å². The van der Waals surface area contributed by atoms with Gasteiger partial charge in [-0.25, -0.2) is 0 Å². The van der Waals surface area contributed by atoms with Gasteiger partial charge in [0.2, 0.25) is 0 Å². The van der Waals surface area contributed by atoms with Crippen LogP contribution >= 0.6 is 11.1 Å². The van der Waals surface area contributed by atoms with Gasteiger partial charge in [-0.3, -0.25) is 0 Å². The van der Waals surface area contributed by atoms with Gasteiger partial charge in [0.15, 0.2) is 0 Å². The number of unbranched alkanes of at least 4 members (excludes halogenated alkanes) is 6. The van der Waals surface area contributed by atoms with E-state index < -0.39 is 0 Å². The molecule has 0 aliphatic heterocycles. The van der Waals surface area contributed by atoms with Crippen LogP contribution in [0.4, 0.5) is 0 Å². The van der Waals surface area contributed by atoms with Gasteiger partial charge >= 0.3 is 0 Å². The van der Waals surface area contributed by atoms with Gasteiger partial charge in [-0.1, -0.05) is 51.2 Å². The molecule has 0 aromatic rings. The summed E-state index contributed by atoms with van der Waals surface area (Å²) in [6, 6.07) is 1.16. The molecule has 78 valence electrons. The van der Waals surface area contributed by atoms with Gasteiger partial charge < -0.3 is 0 Å². The van der Waals surface area contributed by atoms with Crippen LogP contribution in [0.15, 0.2) is 12.2 Å². The molecule has 0 rings (SSSR count). The maximum absolute atomic E-state index is 5.69. The second-order valence-corrected chi connectivity index (χ2v) is 5.59. The lowest BCUT2D eigenvalue weighted by molar-refractivity contribution is 0.611. The number of allylic oxidation sites excluding steroid dienone is 2. The highest BCUT2D eigenvalue weighted by Gasteiger charge is 1.87. The zero-order valence-corrected chi connectivity index (χ0v) is 11.1. The third-order valence-electron chi connectivity index (χ3n) is 2.17. The normalized spacial score (nSPS) is 12.2. The molecule has 0 nitrogen and oxygen atoms in total. The second kappa shape index (κ2) is 12.2. The molecule has 0 fully saturated rings. The first kappa shape index (κ1) is 13.2. The van der Waals surface area contributed by atoms with Gasteiger partial charge in [-0.2, -0.15) is 11.1 Å². The van der Waals surface area contributed by atoms with Crippen LogP contribution in [0.25, 0.3) is 0 Å². The third-order valence-corrected chi connectivity index (χ3v) is 3.37. The first-order valence-corrected chi connectivity index (χ1v) is 8.76. The second-order valence-electron chi connectivity index (χ2n) is 3.51. The zero-order chi connectivity index (χ0) is 9.78. The quantitative estimate of drug-likeness (QED) is 0.237. The summed E-state index contributed by atoms with van der Waals surface area (Å²) in [5.41, 5.74) is 0. The van der Waals surface area contributed by atoms with Crippen molar-refractivity contribution in [1.29, 1.82) is 0 Å². The van der Waals surface area contributed by atoms with Crippen molar-refractivity contribution in [3.8, 4) is 0 Å². The standard InChI is InChI=1S/C11H23ClSi/c1-2-3-4-5-6-7-8-9-10-11-13-12/h9-10H,2-8,11,13H2,1H3. The molecule has 2 heteroatoms. The first-order valence-electron chi connectivity index (χ1n) is 5.62. The molecule has 0 spiro atoms. The Bertz CT molecular complexity index is 113. The summed E-state index contributed by atoms with van der Waals surface area (Å²) < 4.78 is 0. The largest absolute Gasteiger partial charge is 0.176 e. The van der Waals surface area contributed by atoms with E-state index in [0.717, 1.165) is 6.04 Å². The summed E-state index contributed by atoms with van der Waals surface area (Å²) in [6.07, 6.45) is 14.2. The van der Waals surface area contributed by atoms with Crippen molar-refractivity contribution in [1.82, 2.24) is 0 Å². The fraction of sp³-hybridized carbons (Fsp3) is 0.818. The molecule has 0 bridgehead atoms. The zero-order valence-electron chi connectivity index (χ0n) is 8.90. The van der Waals surface area contributed by atoms with Crippen LogP contribution in [0.5, 0.6) is 0 Å². The van der Waals surface area contributed by atoms with Crippen molar-refractivity contribution < 1.29 is 0 Å². The molecule has 0 N–H and O–H groups in total. The predicted molar refractivity (Wildman–Crippen MR) is 66.3 cm³/mol. The first-order chi connectivity index (χ1) is 6.41. The van der Waals surface area contributed by atoms with Crippen molar-refractivity contribution in [2.45, 2.75) is 57.9 Å². The van der Waals surface area contributed by atoms with Crippen molar-refractivity contribution >= 4 is 19.9 Å². The van der Waals surface area contributed by atoms with E-state index in [1.54, 1.807) is 0 Å². The van der Waals surface area contributed by atoms with Crippen molar-refractivity contribution in [3.05, 3.63) is 12.2 Å². The van der Waals surface area contributed by atoms with Crippen LogP contribution in [0.1, 0.15) is 51.9 Å². The molecule has 13 heavy (non-hydrogen) atoms. The molecule has 0 aromatic carbocycles. The molecule has 0 heterocycles. The van der Waals surface area contributed by atoms with Crippen LogP contribution < -0.4 is 0 Å². The molecule has 0 unspecified atom stereocenters. The van der Waals surface area contributed by atoms with Gasteiger partial charge in [0, 0.05) is 0 Å². The Balaban J connectivity index is 2.91. The molecular weight excluding hydrogens is 196 g/mol. The lowest BCUT2D eigenvalue weighted by Gasteiger charge is -1.97. The number of rotatable bonds is 9. The van der Waals surface area contributed by atoms with E-state index in [1.807, 2.05) is 0 Å². The minimum atomic E-state index is -0.251. The maximum Gasteiger partial charge on any atom is 0.129 e. The molecule has 0 amide bonds. The van der Waals surface area contributed by atoms with Crippen molar-refractivity contribution in [2.75, 3.05) is 0 Å². The summed E-state index contributed by atoms with van der Waals surface area (Å²) in [4.78, 5) is 0. The smallest absolute Gasteiger partial charge is 0.129 e. The van der Waals surface area contributed by atoms with Gasteiger partial charge in [0.1, 0.15) is 8.83 Å². The Morgan fingerprint density at radius 3 is 2.38 bits per heavy atom. The minimum Gasteiger partial charge on any atom is -0.176 e. The topological polar surface area (TPSA) is 0 Å². The fourth-order valence-electron chi connectivity index (χ4n) is 1.34. The average Bonchev–Trinajstić information content (AvgIpc) is 2.16. The molecule has 0 aliphatic carbocycles. The number of hydrogen-bond acceptors (Lipinski definition) is 0. The van der Waals surface area contributed by atoms with Crippen LogP contribution in [-0.2, 0) is 0 Å². The highest BCUT2D eigenvalue weighted by atomic mass is 35.6. The minimum absolute atomic E-state index is 0.251. The Labute approximate surface area is 90.3 Å². The van der Waals surface area contributed by atoms with Crippen LogP contribution in [0.3, 0.4) is 0 Å². The number of halogens is 1. The Kier molecular flexibility index (Phi) is 12.5. The summed E-state index contributed by atoms with van der Waals surface area (Å²) in [5.74, 6) is 0. The Morgan fingerprint density at radius 2 is 1.69 bits per heavy atom. The highest BCUT2D eigenvalue weighted by molar-refractivity contribution is 6.93. The van der Waals surface area contributed by atoms with E-state index in [0.29, 0.717) is 0 Å². The van der Waals surface area contributed by atoms with E-state index >= 15 is 0 Å². The Morgan fingerprint density at radius 1 is 1.00 bits per heavy atom. The lowest BCUT2D eigenvalue weighted by atomic mass is 10.1. The van der Waals surface area contributed by atoms with Crippen LogP contribution in [-0.4, -0.2) is 8.83 Å². The van der Waals surface area contributed by atoms with E-state index in [2.05, 4.69) is 19.1 Å². The Hall–Kier alpha value is 0.247. The summed E-state index contributed by atoms with van der Waals surface area (Å²) >= 11 is 5.69. The van der Waals surface area contributed by atoms with Crippen LogP contribution in [0.2, 0.25) is 6.04 Å². The predicted octanol–water partition coefficient (Wildman–Crippen LogP) is 4.03. The average molecular weight is 219 g/mol. The van der Waals surface area contributed by atoms with Crippen molar-refractivity contribution in [3.63, 3.8) is 0 Å². The molecule has 0 aliphatic rings. The molecule has 0 saturated heterocycles. The van der Waals surface area contributed by atoms with Gasteiger partial charge in [0.25, 0.3) is 0 Å². The number of hydrogen-bond donors (Lipinski definition) is 0. The SMILES string of the molecule is CCCCCCCCC=CC[SiH2]Cl. The van der Waals surface area contributed by atoms with Gasteiger partial charge in [-0.15, -0.1) is 0 Å². The van der Waals surface area contributed by atoms with Gasteiger partial charge in [0.05, 0.1) is 0 Å². The van der Waals surface area contributed by atoms with Gasteiger partial charge in [-0.05, 0) is 18.9 Å². The summed E-state index contributed by atoms with van der Waals surface area (Å²) in [5, 5.41) is 0.